The highest BCUT2D eigenvalue weighted by molar-refractivity contribution is 7.86. The molecule has 2 rings (SSSR count). The van der Waals surface area contributed by atoms with Gasteiger partial charge in [0.25, 0.3) is 10.2 Å². The van der Waals surface area contributed by atoms with Crippen molar-refractivity contribution < 1.29 is 13.5 Å². The molecule has 2 fully saturated rings. The second kappa shape index (κ2) is 4.60. The van der Waals surface area contributed by atoms with E-state index in [2.05, 4.69) is 6.92 Å². The lowest BCUT2D eigenvalue weighted by Gasteiger charge is -2.41. The van der Waals surface area contributed by atoms with Crippen LogP contribution < -0.4 is 0 Å². The maximum atomic E-state index is 12.1. The van der Waals surface area contributed by atoms with Crippen molar-refractivity contribution in [1.29, 1.82) is 0 Å². The number of piperidine rings is 1. The van der Waals surface area contributed by atoms with E-state index in [1.807, 2.05) is 0 Å². The topological polar surface area (TPSA) is 60.9 Å². The smallest absolute Gasteiger partial charge is 0.281 e. The molecule has 2 heterocycles. The number of aliphatic hydroxyl groups excluding tert-OH is 1. The molecule has 0 spiro atoms. The maximum Gasteiger partial charge on any atom is 0.281 e. The summed E-state index contributed by atoms with van der Waals surface area (Å²) in [5.74, 6) is 0.770. The fraction of sp³-hybridized carbons (Fsp3) is 1.00. The molecule has 0 aliphatic carbocycles. The third-order valence-electron chi connectivity index (χ3n) is 3.58. The quantitative estimate of drug-likeness (QED) is 0.758. The molecule has 5 nitrogen and oxygen atoms in total. The number of hydrogen-bond donors (Lipinski definition) is 1. The van der Waals surface area contributed by atoms with E-state index in [0.717, 1.165) is 12.8 Å². The Kier molecular flexibility index (Phi) is 3.53. The first-order valence-corrected chi connectivity index (χ1v) is 7.30. The highest BCUT2D eigenvalue weighted by Gasteiger charge is 2.39. The summed E-state index contributed by atoms with van der Waals surface area (Å²) in [6.07, 6.45) is 1.91. The number of hydrogen-bond acceptors (Lipinski definition) is 3. The summed E-state index contributed by atoms with van der Waals surface area (Å²) in [6.45, 7) is 4.49. The average Bonchev–Trinajstić information content (AvgIpc) is 2.16. The Morgan fingerprint density at radius 3 is 2.25 bits per heavy atom. The van der Waals surface area contributed by atoms with Gasteiger partial charge in [-0.3, -0.25) is 0 Å². The summed E-state index contributed by atoms with van der Waals surface area (Å²) in [4.78, 5) is 0. The van der Waals surface area contributed by atoms with Crippen LogP contribution in [-0.2, 0) is 10.2 Å². The Bertz CT molecular complexity index is 330. The van der Waals surface area contributed by atoms with Gasteiger partial charge in [-0.15, -0.1) is 0 Å². The molecule has 2 aliphatic heterocycles. The Balaban J connectivity index is 1.93. The highest BCUT2D eigenvalue weighted by Crippen LogP contribution is 2.25. The van der Waals surface area contributed by atoms with Gasteiger partial charge >= 0.3 is 0 Å². The Morgan fingerprint density at radius 2 is 1.75 bits per heavy atom. The average molecular weight is 248 g/mol. The van der Waals surface area contributed by atoms with Gasteiger partial charge in [0.15, 0.2) is 0 Å². The van der Waals surface area contributed by atoms with Crippen molar-refractivity contribution in [3.05, 3.63) is 0 Å². The van der Waals surface area contributed by atoms with Crippen molar-refractivity contribution in [3.63, 3.8) is 0 Å². The monoisotopic (exact) mass is 248 g/mol. The first kappa shape index (κ1) is 12.3. The van der Waals surface area contributed by atoms with Crippen LogP contribution in [0.4, 0.5) is 0 Å². The van der Waals surface area contributed by atoms with Crippen LogP contribution in [0.3, 0.4) is 0 Å². The molecule has 2 saturated heterocycles. The third-order valence-corrected chi connectivity index (χ3v) is 5.55. The van der Waals surface area contributed by atoms with Gasteiger partial charge < -0.3 is 5.11 Å². The zero-order valence-electron chi connectivity index (χ0n) is 9.67. The molecular formula is C10H20N2O3S. The molecule has 6 heteroatoms. The van der Waals surface area contributed by atoms with Crippen LogP contribution in [-0.4, -0.2) is 54.9 Å². The summed E-state index contributed by atoms with van der Waals surface area (Å²) in [6, 6.07) is 0. The lowest BCUT2D eigenvalue weighted by molar-refractivity contribution is 0.109. The van der Waals surface area contributed by atoms with Gasteiger partial charge in [-0.25, -0.2) is 0 Å². The molecule has 0 aromatic carbocycles. The van der Waals surface area contributed by atoms with Crippen LogP contribution in [0.25, 0.3) is 0 Å². The maximum absolute atomic E-state index is 12.1. The lowest BCUT2D eigenvalue weighted by atomic mass is 10.0. The van der Waals surface area contributed by atoms with Crippen molar-refractivity contribution in [3.8, 4) is 0 Å². The van der Waals surface area contributed by atoms with Gasteiger partial charge in [0, 0.05) is 38.7 Å². The SMILES string of the molecule is CC1CCN(S(=O)(=O)N2CC(CO)C2)CC1. The first-order chi connectivity index (χ1) is 7.54. The molecule has 0 aromatic heterocycles. The first-order valence-electron chi connectivity index (χ1n) is 5.90. The second-order valence-corrected chi connectivity index (χ2v) is 6.88. The van der Waals surface area contributed by atoms with Crippen LogP contribution in [0.15, 0.2) is 0 Å². The lowest BCUT2D eigenvalue weighted by Crippen LogP contribution is -2.57. The molecule has 16 heavy (non-hydrogen) atoms. The largest absolute Gasteiger partial charge is 0.396 e. The second-order valence-electron chi connectivity index (χ2n) is 4.95. The van der Waals surface area contributed by atoms with E-state index in [-0.39, 0.29) is 12.5 Å². The summed E-state index contributed by atoms with van der Waals surface area (Å²) in [5.41, 5.74) is 0. The van der Waals surface area contributed by atoms with Crippen LogP contribution in [0.5, 0.6) is 0 Å². The van der Waals surface area contributed by atoms with Gasteiger partial charge in [0.05, 0.1) is 0 Å². The van der Waals surface area contributed by atoms with Crippen LogP contribution in [0, 0.1) is 11.8 Å². The number of nitrogens with zero attached hydrogens (tertiary/aromatic N) is 2. The van der Waals surface area contributed by atoms with E-state index in [4.69, 9.17) is 5.11 Å². The number of aliphatic hydroxyl groups is 1. The van der Waals surface area contributed by atoms with Crippen molar-refractivity contribution in [1.82, 2.24) is 8.61 Å². The molecule has 0 bridgehead atoms. The van der Waals surface area contributed by atoms with Crippen molar-refractivity contribution in [2.24, 2.45) is 11.8 Å². The fourth-order valence-corrected chi connectivity index (χ4v) is 4.00. The molecule has 0 unspecified atom stereocenters. The van der Waals surface area contributed by atoms with Gasteiger partial charge in [0.1, 0.15) is 0 Å². The minimum Gasteiger partial charge on any atom is -0.396 e. The van der Waals surface area contributed by atoms with Gasteiger partial charge in [0.2, 0.25) is 0 Å². The van der Waals surface area contributed by atoms with Gasteiger partial charge in [-0.1, -0.05) is 6.92 Å². The third kappa shape index (κ3) is 2.25. The van der Waals surface area contributed by atoms with Crippen molar-refractivity contribution in [2.75, 3.05) is 32.8 Å². The van der Waals surface area contributed by atoms with E-state index in [1.54, 1.807) is 4.31 Å². The number of rotatable bonds is 3. The van der Waals surface area contributed by atoms with E-state index < -0.39 is 10.2 Å². The van der Waals surface area contributed by atoms with E-state index in [9.17, 15) is 8.42 Å². The van der Waals surface area contributed by atoms with E-state index >= 15 is 0 Å². The van der Waals surface area contributed by atoms with Crippen LogP contribution in [0.2, 0.25) is 0 Å². The van der Waals surface area contributed by atoms with E-state index in [1.165, 1.54) is 4.31 Å². The predicted molar refractivity (Wildman–Crippen MR) is 61.0 cm³/mol. The summed E-state index contributed by atoms with van der Waals surface area (Å²) < 4.78 is 27.3. The molecule has 0 radical (unpaired) electrons. The zero-order valence-corrected chi connectivity index (χ0v) is 10.5. The molecular weight excluding hydrogens is 228 g/mol. The predicted octanol–water partition coefficient (Wildman–Crippen LogP) is -0.113. The summed E-state index contributed by atoms with van der Waals surface area (Å²) >= 11 is 0. The normalized spacial score (nSPS) is 26.9. The molecule has 1 N–H and O–H groups in total. The molecule has 0 aromatic rings. The molecule has 0 amide bonds. The molecule has 0 atom stereocenters. The molecule has 2 aliphatic rings. The summed E-state index contributed by atoms with van der Waals surface area (Å²) in [7, 11) is -3.24. The Labute approximate surface area is 97.2 Å². The minimum atomic E-state index is -3.24. The fourth-order valence-electron chi connectivity index (χ4n) is 2.21. The van der Waals surface area contributed by atoms with Gasteiger partial charge in [-0.2, -0.15) is 17.0 Å². The molecule has 0 saturated carbocycles. The molecule has 94 valence electrons. The highest BCUT2D eigenvalue weighted by atomic mass is 32.2. The van der Waals surface area contributed by atoms with Gasteiger partial charge in [-0.05, 0) is 18.8 Å². The van der Waals surface area contributed by atoms with Crippen molar-refractivity contribution in [2.45, 2.75) is 19.8 Å². The van der Waals surface area contributed by atoms with Crippen LogP contribution >= 0.6 is 0 Å². The van der Waals surface area contributed by atoms with E-state index in [0.29, 0.717) is 32.1 Å². The summed E-state index contributed by atoms with van der Waals surface area (Å²) in [5, 5.41) is 8.88. The van der Waals surface area contributed by atoms with Crippen LogP contribution in [0.1, 0.15) is 19.8 Å². The Hall–Kier alpha value is -0.170. The Morgan fingerprint density at radius 1 is 1.19 bits per heavy atom. The standard InChI is InChI=1S/C10H20N2O3S/c1-9-2-4-11(5-3-9)16(14,15)12-6-10(7-12)8-13/h9-10,13H,2-8H2,1H3. The van der Waals surface area contributed by atoms with Crippen molar-refractivity contribution >= 4 is 10.2 Å². The minimum absolute atomic E-state index is 0.0864. The zero-order chi connectivity index (χ0) is 11.8.